The van der Waals surface area contributed by atoms with Crippen LogP contribution in [0.4, 0.5) is 10.1 Å². The van der Waals surface area contributed by atoms with Crippen LogP contribution in [0.25, 0.3) is 0 Å². The Morgan fingerprint density at radius 2 is 1.96 bits per heavy atom. The third-order valence-electron chi connectivity index (χ3n) is 5.50. The molecular formula is C22H26FN3O. The van der Waals surface area contributed by atoms with Gasteiger partial charge >= 0.3 is 0 Å². The first-order chi connectivity index (χ1) is 12.7. The van der Waals surface area contributed by atoms with Crippen LogP contribution < -0.4 is 10.3 Å². The lowest BCUT2D eigenvalue weighted by molar-refractivity contribution is 0.0955. The molecule has 2 aromatic rings. The molecule has 142 valence electrons. The molecule has 0 saturated heterocycles. The SMILES string of the molecule is Cc1cc2c(cc1/C=N\NC(=O)c1ccc(F)cc1)[C@H](C)CC(C)(C)N2C. The van der Waals surface area contributed by atoms with E-state index in [0.29, 0.717) is 11.5 Å². The van der Waals surface area contributed by atoms with Crippen LogP contribution in [0.3, 0.4) is 0 Å². The van der Waals surface area contributed by atoms with Crippen molar-refractivity contribution in [3.8, 4) is 0 Å². The summed E-state index contributed by atoms with van der Waals surface area (Å²) in [5.41, 5.74) is 7.63. The van der Waals surface area contributed by atoms with Crippen molar-refractivity contribution in [2.75, 3.05) is 11.9 Å². The molecule has 5 heteroatoms. The Bertz CT molecular complexity index is 887. The van der Waals surface area contributed by atoms with Crippen LogP contribution in [-0.2, 0) is 0 Å². The van der Waals surface area contributed by atoms with Crippen molar-refractivity contribution in [2.45, 2.75) is 45.6 Å². The molecule has 27 heavy (non-hydrogen) atoms. The molecular weight excluding hydrogens is 341 g/mol. The lowest BCUT2D eigenvalue weighted by Crippen LogP contribution is -2.45. The molecule has 1 amide bonds. The summed E-state index contributed by atoms with van der Waals surface area (Å²) in [6.45, 7) is 8.83. The Balaban J connectivity index is 1.80. The lowest BCUT2D eigenvalue weighted by Gasteiger charge is -2.45. The van der Waals surface area contributed by atoms with Crippen molar-refractivity contribution < 1.29 is 9.18 Å². The van der Waals surface area contributed by atoms with Gasteiger partial charge in [-0.25, -0.2) is 9.82 Å². The quantitative estimate of drug-likeness (QED) is 0.635. The minimum atomic E-state index is -0.373. The van der Waals surface area contributed by atoms with Crippen molar-refractivity contribution in [3.05, 3.63) is 64.5 Å². The molecule has 0 saturated carbocycles. The number of carbonyl (C=O) groups is 1. The number of hydrazone groups is 1. The summed E-state index contributed by atoms with van der Waals surface area (Å²) in [4.78, 5) is 14.4. The number of amides is 1. The lowest BCUT2D eigenvalue weighted by atomic mass is 9.79. The zero-order valence-electron chi connectivity index (χ0n) is 16.5. The molecule has 2 aromatic carbocycles. The molecule has 0 fully saturated rings. The molecule has 0 bridgehead atoms. The van der Waals surface area contributed by atoms with Gasteiger partial charge in [0.25, 0.3) is 5.91 Å². The van der Waals surface area contributed by atoms with Crippen LogP contribution in [0.1, 0.15) is 60.2 Å². The fourth-order valence-electron chi connectivity index (χ4n) is 3.70. The van der Waals surface area contributed by atoms with E-state index < -0.39 is 0 Å². The predicted molar refractivity (Wildman–Crippen MR) is 108 cm³/mol. The highest BCUT2D eigenvalue weighted by molar-refractivity contribution is 5.95. The molecule has 0 aliphatic carbocycles. The Hall–Kier alpha value is -2.69. The van der Waals surface area contributed by atoms with Crippen LogP contribution >= 0.6 is 0 Å². The van der Waals surface area contributed by atoms with E-state index in [1.54, 1.807) is 6.21 Å². The van der Waals surface area contributed by atoms with E-state index in [1.807, 2.05) is 6.92 Å². The largest absolute Gasteiger partial charge is 0.369 e. The van der Waals surface area contributed by atoms with Gasteiger partial charge in [0.05, 0.1) is 6.21 Å². The van der Waals surface area contributed by atoms with E-state index >= 15 is 0 Å². The Kier molecular flexibility index (Phi) is 5.05. The van der Waals surface area contributed by atoms with Crippen LogP contribution in [0.15, 0.2) is 41.5 Å². The van der Waals surface area contributed by atoms with Gasteiger partial charge in [-0.1, -0.05) is 6.92 Å². The van der Waals surface area contributed by atoms with Crippen LogP contribution in [0.2, 0.25) is 0 Å². The Morgan fingerprint density at radius 1 is 1.30 bits per heavy atom. The number of hydrogen-bond acceptors (Lipinski definition) is 3. The van der Waals surface area contributed by atoms with E-state index in [-0.39, 0.29) is 17.3 Å². The smallest absolute Gasteiger partial charge is 0.271 e. The van der Waals surface area contributed by atoms with Gasteiger partial charge in [-0.3, -0.25) is 4.79 Å². The maximum atomic E-state index is 12.9. The van der Waals surface area contributed by atoms with Crippen LogP contribution in [-0.4, -0.2) is 24.7 Å². The number of halogens is 1. The maximum absolute atomic E-state index is 12.9. The number of carbonyl (C=O) groups excluding carboxylic acids is 1. The normalized spacial score (nSPS) is 18.4. The van der Waals surface area contributed by atoms with Gasteiger partial charge in [0.15, 0.2) is 0 Å². The first-order valence-corrected chi connectivity index (χ1v) is 9.16. The number of nitrogens with zero attached hydrogens (tertiary/aromatic N) is 2. The number of benzene rings is 2. The van der Waals surface area contributed by atoms with Crippen molar-refractivity contribution in [1.29, 1.82) is 0 Å². The zero-order valence-corrected chi connectivity index (χ0v) is 16.5. The second-order valence-electron chi connectivity index (χ2n) is 7.95. The third kappa shape index (κ3) is 3.87. The van der Waals surface area contributed by atoms with E-state index in [0.717, 1.165) is 17.5 Å². The molecule has 0 aromatic heterocycles. The highest BCUT2D eigenvalue weighted by atomic mass is 19.1. The zero-order chi connectivity index (χ0) is 19.8. The summed E-state index contributed by atoms with van der Waals surface area (Å²) >= 11 is 0. The highest BCUT2D eigenvalue weighted by Crippen LogP contribution is 2.43. The topological polar surface area (TPSA) is 44.7 Å². The summed E-state index contributed by atoms with van der Waals surface area (Å²) in [5, 5.41) is 4.09. The van der Waals surface area contributed by atoms with E-state index in [2.05, 4.69) is 55.4 Å². The van der Waals surface area contributed by atoms with Crippen LogP contribution in [0, 0.1) is 12.7 Å². The van der Waals surface area contributed by atoms with Crippen molar-refractivity contribution in [3.63, 3.8) is 0 Å². The molecule has 1 aliphatic rings. The van der Waals surface area contributed by atoms with E-state index in [1.165, 1.54) is 35.5 Å². The monoisotopic (exact) mass is 367 g/mol. The molecule has 0 radical (unpaired) electrons. The van der Waals surface area contributed by atoms with Gasteiger partial charge in [-0.2, -0.15) is 5.10 Å². The number of nitrogens with one attached hydrogen (secondary N) is 1. The average molecular weight is 367 g/mol. The number of rotatable bonds is 3. The number of anilines is 1. The van der Waals surface area contributed by atoms with E-state index in [4.69, 9.17) is 0 Å². The van der Waals surface area contributed by atoms with Gasteiger partial charge in [0.1, 0.15) is 5.82 Å². The molecule has 1 N–H and O–H groups in total. The summed E-state index contributed by atoms with van der Waals surface area (Å²) < 4.78 is 12.9. The molecule has 0 unspecified atom stereocenters. The molecule has 0 spiro atoms. The minimum absolute atomic E-state index is 0.123. The molecule has 3 rings (SSSR count). The standard InChI is InChI=1S/C22H26FN3O/c1-14-10-20-19(15(2)12-22(3,4)26(20)5)11-17(14)13-24-25-21(27)16-6-8-18(23)9-7-16/h6-11,13,15H,12H2,1-5H3,(H,25,27)/b24-13-/t15-/m1/s1. The van der Waals surface area contributed by atoms with Crippen LogP contribution in [0.5, 0.6) is 0 Å². The van der Waals surface area contributed by atoms with Gasteiger partial charge in [-0.15, -0.1) is 0 Å². The highest BCUT2D eigenvalue weighted by Gasteiger charge is 2.34. The van der Waals surface area contributed by atoms with Crippen molar-refractivity contribution in [2.24, 2.45) is 5.10 Å². The number of hydrogen-bond donors (Lipinski definition) is 1. The summed E-state index contributed by atoms with van der Waals surface area (Å²) in [5.74, 6) is -0.286. The van der Waals surface area contributed by atoms with Gasteiger partial charge in [-0.05, 0) is 86.2 Å². The Morgan fingerprint density at radius 3 is 2.63 bits per heavy atom. The predicted octanol–water partition coefficient (Wildman–Crippen LogP) is 4.62. The Labute approximate surface area is 160 Å². The summed E-state index contributed by atoms with van der Waals surface area (Å²) in [6, 6.07) is 9.73. The van der Waals surface area contributed by atoms with Gasteiger partial charge in [0.2, 0.25) is 0 Å². The summed E-state index contributed by atoms with van der Waals surface area (Å²) in [6.07, 6.45) is 2.75. The fourth-order valence-corrected chi connectivity index (χ4v) is 3.70. The van der Waals surface area contributed by atoms with Gasteiger partial charge < -0.3 is 4.90 Å². The average Bonchev–Trinajstić information content (AvgIpc) is 2.61. The minimum Gasteiger partial charge on any atom is -0.369 e. The number of fused-ring (bicyclic) bond motifs is 1. The van der Waals surface area contributed by atoms with Crippen molar-refractivity contribution in [1.82, 2.24) is 5.43 Å². The number of aryl methyl sites for hydroxylation is 1. The second kappa shape index (κ2) is 7.14. The molecule has 1 heterocycles. The van der Waals surface area contributed by atoms with E-state index in [9.17, 15) is 9.18 Å². The third-order valence-corrected chi connectivity index (χ3v) is 5.50. The molecule has 1 atom stereocenters. The first-order valence-electron chi connectivity index (χ1n) is 9.16. The first kappa shape index (κ1) is 19.1. The fraction of sp³-hybridized carbons (Fsp3) is 0.364. The molecule has 1 aliphatic heterocycles. The maximum Gasteiger partial charge on any atom is 0.271 e. The van der Waals surface area contributed by atoms with Gasteiger partial charge in [0, 0.05) is 23.8 Å². The molecule has 4 nitrogen and oxygen atoms in total. The second-order valence-corrected chi connectivity index (χ2v) is 7.95. The van der Waals surface area contributed by atoms with Crippen molar-refractivity contribution >= 4 is 17.8 Å². The summed E-state index contributed by atoms with van der Waals surface area (Å²) in [7, 11) is 2.14.